The highest BCUT2D eigenvalue weighted by Crippen LogP contribution is 2.35. The Labute approximate surface area is 201 Å². The van der Waals surface area contributed by atoms with Gasteiger partial charge in [-0.05, 0) is 43.4 Å². The summed E-state index contributed by atoms with van der Waals surface area (Å²) in [5, 5.41) is 15.3. The van der Waals surface area contributed by atoms with Crippen molar-refractivity contribution in [3.05, 3.63) is 52.8 Å². The predicted octanol–water partition coefficient (Wildman–Crippen LogP) is 5.32. The largest absolute Gasteiger partial charge is 0.475 e. The molecule has 35 heavy (non-hydrogen) atoms. The summed E-state index contributed by atoms with van der Waals surface area (Å²) in [7, 11) is 0. The summed E-state index contributed by atoms with van der Waals surface area (Å²) in [6.45, 7) is 2.20. The van der Waals surface area contributed by atoms with Crippen LogP contribution in [-0.2, 0) is 12.7 Å². The third-order valence-electron chi connectivity index (χ3n) is 6.26. The van der Waals surface area contributed by atoms with Gasteiger partial charge in [0.15, 0.2) is 22.3 Å². The molecule has 0 aliphatic heterocycles. The standard InChI is InChI=1S/C23H21F3N6O2S/c1-12(14-3-2-4-14)28-17-16-18(30-19(29-17)22(33)34)31-20(21-27-9-10-35-21)32(16)11-13-5-7-15(8-6-13)23(24,25)26/h5-10,12,14H,2-4,11H2,1H3,(H,33,34)(H,28,29,30)/t12-/m1/s1. The van der Waals surface area contributed by atoms with Crippen molar-refractivity contribution >= 4 is 34.3 Å². The fourth-order valence-electron chi connectivity index (χ4n) is 4.14. The normalized spacial score (nSPS) is 15.2. The number of nitrogens with zero attached hydrogens (tertiary/aromatic N) is 5. The molecule has 1 saturated carbocycles. The lowest BCUT2D eigenvalue weighted by atomic mass is 9.80. The molecule has 0 spiro atoms. The number of carbonyl (C=O) groups is 1. The average Bonchev–Trinajstić information content (AvgIpc) is 3.40. The highest BCUT2D eigenvalue weighted by molar-refractivity contribution is 7.13. The fraction of sp³-hybridized carbons (Fsp3) is 0.348. The van der Waals surface area contributed by atoms with E-state index in [0.717, 1.165) is 31.4 Å². The van der Waals surface area contributed by atoms with E-state index in [0.29, 0.717) is 33.6 Å². The van der Waals surface area contributed by atoms with E-state index in [4.69, 9.17) is 0 Å². The molecule has 3 heterocycles. The van der Waals surface area contributed by atoms with Gasteiger partial charge in [0.25, 0.3) is 0 Å². The highest BCUT2D eigenvalue weighted by atomic mass is 32.1. The van der Waals surface area contributed by atoms with Crippen molar-refractivity contribution in [1.82, 2.24) is 24.5 Å². The molecule has 1 aliphatic rings. The number of benzene rings is 1. The van der Waals surface area contributed by atoms with Crippen LogP contribution in [0.25, 0.3) is 22.0 Å². The molecule has 1 aliphatic carbocycles. The Kier molecular flexibility index (Phi) is 5.91. The van der Waals surface area contributed by atoms with E-state index in [1.807, 2.05) is 6.92 Å². The lowest BCUT2D eigenvalue weighted by molar-refractivity contribution is -0.137. The first-order chi connectivity index (χ1) is 16.7. The number of thiazole rings is 1. The van der Waals surface area contributed by atoms with Gasteiger partial charge in [0.05, 0.1) is 5.56 Å². The predicted molar refractivity (Wildman–Crippen MR) is 124 cm³/mol. The summed E-state index contributed by atoms with van der Waals surface area (Å²) in [6, 6.07) is 4.94. The fourth-order valence-corrected chi connectivity index (χ4v) is 4.77. The minimum absolute atomic E-state index is 0.0428. The molecule has 0 saturated heterocycles. The Morgan fingerprint density at radius 2 is 1.97 bits per heavy atom. The minimum atomic E-state index is -4.43. The van der Waals surface area contributed by atoms with Gasteiger partial charge in [0.2, 0.25) is 5.82 Å². The number of anilines is 1. The molecular formula is C23H21F3N6O2S. The first-order valence-electron chi connectivity index (χ1n) is 11.0. The summed E-state index contributed by atoms with van der Waals surface area (Å²) in [6.07, 6.45) is 0.485. The van der Waals surface area contributed by atoms with Gasteiger partial charge in [-0.15, -0.1) is 11.3 Å². The van der Waals surface area contributed by atoms with E-state index >= 15 is 0 Å². The van der Waals surface area contributed by atoms with Crippen LogP contribution in [0.5, 0.6) is 0 Å². The Morgan fingerprint density at radius 3 is 2.54 bits per heavy atom. The maximum absolute atomic E-state index is 13.0. The SMILES string of the molecule is C[C@@H](Nc1nc(C(=O)O)nc2nc(-c3nccs3)n(Cc3ccc(C(F)(F)F)cc3)c12)C1CCC1. The summed E-state index contributed by atoms with van der Waals surface area (Å²) in [5.41, 5.74) is 0.530. The number of rotatable bonds is 7. The zero-order chi connectivity index (χ0) is 24.7. The van der Waals surface area contributed by atoms with Crippen LogP contribution in [0.3, 0.4) is 0 Å². The van der Waals surface area contributed by atoms with Crippen molar-refractivity contribution in [2.75, 3.05) is 5.32 Å². The van der Waals surface area contributed by atoms with Crippen LogP contribution in [0.15, 0.2) is 35.8 Å². The van der Waals surface area contributed by atoms with Crippen LogP contribution in [0, 0.1) is 5.92 Å². The van der Waals surface area contributed by atoms with Gasteiger partial charge < -0.3 is 15.0 Å². The third-order valence-corrected chi connectivity index (χ3v) is 7.03. The van der Waals surface area contributed by atoms with E-state index in [1.54, 1.807) is 16.1 Å². The molecule has 3 aromatic heterocycles. The zero-order valence-corrected chi connectivity index (χ0v) is 19.4. The highest BCUT2D eigenvalue weighted by Gasteiger charge is 2.30. The van der Waals surface area contributed by atoms with Crippen molar-refractivity contribution in [2.45, 2.75) is 44.9 Å². The molecule has 0 amide bonds. The number of aromatic carboxylic acids is 1. The Balaban J connectivity index is 1.64. The van der Waals surface area contributed by atoms with Crippen molar-refractivity contribution in [1.29, 1.82) is 0 Å². The molecule has 0 radical (unpaired) electrons. The lowest BCUT2D eigenvalue weighted by Crippen LogP contribution is -2.31. The molecule has 5 rings (SSSR count). The van der Waals surface area contributed by atoms with Crippen LogP contribution in [0.4, 0.5) is 19.0 Å². The summed E-state index contributed by atoms with van der Waals surface area (Å²) in [4.78, 5) is 29.0. The van der Waals surface area contributed by atoms with Crippen LogP contribution in [-0.4, -0.2) is 41.6 Å². The van der Waals surface area contributed by atoms with Gasteiger partial charge in [-0.3, -0.25) is 0 Å². The van der Waals surface area contributed by atoms with Crippen molar-refractivity contribution in [3.63, 3.8) is 0 Å². The Morgan fingerprint density at radius 1 is 1.23 bits per heavy atom. The summed E-state index contributed by atoms with van der Waals surface area (Å²) in [5.74, 6) is -0.455. The Bertz CT molecular complexity index is 1360. The minimum Gasteiger partial charge on any atom is -0.475 e. The van der Waals surface area contributed by atoms with Crippen LogP contribution >= 0.6 is 11.3 Å². The van der Waals surface area contributed by atoms with E-state index in [9.17, 15) is 23.1 Å². The van der Waals surface area contributed by atoms with Crippen LogP contribution in [0.2, 0.25) is 0 Å². The maximum Gasteiger partial charge on any atom is 0.416 e. The topological polar surface area (TPSA) is 106 Å². The van der Waals surface area contributed by atoms with Gasteiger partial charge in [0, 0.05) is 24.2 Å². The molecule has 4 aromatic rings. The van der Waals surface area contributed by atoms with Gasteiger partial charge in [-0.25, -0.2) is 24.7 Å². The maximum atomic E-state index is 13.0. The Hall–Kier alpha value is -3.54. The van der Waals surface area contributed by atoms with Gasteiger partial charge in [0.1, 0.15) is 5.52 Å². The summed E-state index contributed by atoms with van der Waals surface area (Å²) < 4.78 is 40.9. The number of hydrogen-bond donors (Lipinski definition) is 2. The number of alkyl halides is 3. The molecule has 12 heteroatoms. The molecule has 0 bridgehead atoms. The molecular weight excluding hydrogens is 481 g/mol. The number of aromatic nitrogens is 5. The number of hydrogen-bond acceptors (Lipinski definition) is 7. The van der Waals surface area contributed by atoms with Crippen LogP contribution < -0.4 is 5.32 Å². The molecule has 8 nitrogen and oxygen atoms in total. The second-order valence-corrected chi connectivity index (χ2v) is 9.45. The van der Waals surface area contributed by atoms with Crippen molar-refractivity contribution < 1.29 is 23.1 Å². The lowest BCUT2D eigenvalue weighted by Gasteiger charge is -2.32. The van der Waals surface area contributed by atoms with Gasteiger partial charge in [-0.2, -0.15) is 13.2 Å². The number of halogens is 3. The zero-order valence-electron chi connectivity index (χ0n) is 18.6. The molecule has 0 unspecified atom stereocenters. The molecule has 1 aromatic carbocycles. The van der Waals surface area contributed by atoms with Gasteiger partial charge >= 0.3 is 12.1 Å². The summed E-state index contributed by atoms with van der Waals surface area (Å²) >= 11 is 1.34. The van der Waals surface area contributed by atoms with E-state index in [1.165, 1.54) is 23.5 Å². The molecule has 182 valence electrons. The second kappa shape index (κ2) is 8.91. The van der Waals surface area contributed by atoms with E-state index in [2.05, 4.69) is 25.3 Å². The number of imidazole rings is 1. The third kappa shape index (κ3) is 4.57. The first kappa shape index (κ1) is 23.2. The monoisotopic (exact) mass is 502 g/mol. The molecule has 1 atom stereocenters. The smallest absolute Gasteiger partial charge is 0.416 e. The van der Waals surface area contributed by atoms with E-state index in [-0.39, 0.29) is 24.1 Å². The second-order valence-electron chi connectivity index (χ2n) is 8.55. The molecule has 2 N–H and O–H groups in total. The van der Waals surface area contributed by atoms with Crippen molar-refractivity contribution in [3.8, 4) is 10.8 Å². The van der Waals surface area contributed by atoms with E-state index < -0.39 is 17.7 Å². The number of fused-ring (bicyclic) bond motifs is 1. The number of carboxylic acid groups (broad SMARTS) is 1. The average molecular weight is 503 g/mol. The van der Waals surface area contributed by atoms with Gasteiger partial charge in [-0.1, -0.05) is 18.6 Å². The number of carboxylic acids is 1. The first-order valence-corrected chi connectivity index (χ1v) is 11.9. The quantitative estimate of drug-likeness (QED) is 0.353. The van der Waals surface area contributed by atoms with Crippen LogP contribution in [0.1, 0.15) is 47.9 Å². The number of nitrogens with one attached hydrogen (secondary N) is 1. The molecule has 1 fully saturated rings. The van der Waals surface area contributed by atoms with Crippen molar-refractivity contribution in [2.24, 2.45) is 5.92 Å².